The predicted molar refractivity (Wildman–Crippen MR) is 86.2 cm³/mol. The minimum Gasteiger partial charge on any atom is -0.480 e. The van der Waals surface area contributed by atoms with Gasteiger partial charge in [0.15, 0.2) is 0 Å². The summed E-state index contributed by atoms with van der Waals surface area (Å²) in [6.45, 7) is 3.09. The summed E-state index contributed by atoms with van der Waals surface area (Å²) in [7, 11) is 1.75. The molecular formula is C15H22F2N2O4S. The molecule has 0 aromatic carbocycles. The standard InChI is InChI=1S/C15H22F2N2O4S/c1-18(9-14(20)21)6-13-8-19(4-5-22-13)7-11-2-3-12(23-11)10-24-15(16)17/h2-3,13,15H,4-10H2,1H3,(H,20,21). The van der Waals surface area contributed by atoms with E-state index in [9.17, 15) is 13.6 Å². The molecule has 0 saturated carbocycles. The Balaban J connectivity index is 1.79. The smallest absolute Gasteiger partial charge is 0.317 e. The van der Waals surface area contributed by atoms with E-state index in [1.54, 1.807) is 18.0 Å². The van der Waals surface area contributed by atoms with E-state index in [0.29, 0.717) is 43.8 Å². The zero-order valence-corrected chi connectivity index (χ0v) is 14.3. The molecule has 136 valence electrons. The first-order valence-corrected chi connectivity index (χ1v) is 8.69. The molecule has 1 N–H and O–H groups in total. The van der Waals surface area contributed by atoms with Gasteiger partial charge in [-0.25, -0.2) is 0 Å². The Kier molecular flexibility index (Phi) is 7.47. The monoisotopic (exact) mass is 364 g/mol. The maximum atomic E-state index is 12.2. The lowest BCUT2D eigenvalue weighted by molar-refractivity contribution is -0.138. The molecule has 0 bridgehead atoms. The summed E-state index contributed by atoms with van der Waals surface area (Å²) in [5.74, 6) is -1.83. The molecular weight excluding hydrogens is 342 g/mol. The van der Waals surface area contributed by atoms with E-state index in [-0.39, 0.29) is 18.4 Å². The number of hydrogen-bond acceptors (Lipinski definition) is 6. The molecule has 0 amide bonds. The minimum atomic E-state index is -2.40. The van der Waals surface area contributed by atoms with Crippen LogP contribution in [0, 0.1) is 0 Å². The topological polar surface area (TPSA) is 66.2 Å². The number of rotatable bonds is 9. The van der Waals surface area contributed by atoms with Gasteiger partial charge >= 0.3 is 5.97 Å². The van der Waals surface area contributed by atoms with Crippen LogP contribution >= 0.6 is 11.8 Å². The number of carboxylic acids is 1. The largest absolute Gasteiger partial charge is 0.480 e. The normalized spacial score (nSPS) is 19.3. The highest BCUT2D eigenvalue weighted by atomic mass is 32.2. The quantitative estimate of drug-likeness (QED) is 0.718. The van der Waals surface area contributed by atoms with Gasteiger partial charge in [-0.3, -0.25) is 14.6 Å². The molecule has 1 aliphatic rings. The molecule has 2 heterocycles. The highest BCUT2D eigenvalue weighted by Crippen LogP contribution is 2.22. The number of halogens is 2. The Morgan fingerprint density at radius 2 is 2.25 bits per heavy atom. The van der Waals surface area contributed by atoms with Crippen LogP contribution in [0.15, 0.2) is 16.5 Å². The van der Waals surface area contributed by atoms with Gasteiger partial charge in [0, 0.05) is 19.6 Å². The van der Waals surface area contributed by atoms with Crippen molar-refractivity contribution in [3.05, 3.63) is 23.7 Å². The molecule has 1 fully saturated rings. The molecule has 1 atom stereocenters. The summed E-state index contributed by atoms with van der Waals surface area (Å²) in [4.78, 5) is 14.6. The third kappa shape index (κ3) is 6.76. The number of carbonyl (C=O) groups is 1. The average molecular weight is 364 g/mol. The summed E-state index contributed by atoms with van der Waals surface area (Å²) >= 11 is 0.542. The van der Waals surface area contributed by atoms with Crippen LogP contribution in [0.2, 0.25) is 0 Å². The first-order chi connectivity index (χ1) is 11.4. The van der Waals surface area contributed by atoms with Gasteiger partial charge in [-0.2, -0.15) is 8.78 Å². The van der Waals surface area contributed by atoms with Crippen LogP contribution in [0.25, 0.3) is 0 Å². The molecule has 24 heavy (non-hydrogen) atoms. The summed E-state index contributed by atoms with van der Waals surface area (Å²) in [6.07, 6.45) is -0.0630. The van der Waals surface area contributed by atoms with Gasteiger partial charge in [-0.05, 0) is 19.2 Å². The molecule has 6 nitrogen and oxygen atoms in total. The number of alkyl halides is 2. The number of morpholine rings is 1. The Morgan fingerprint density at radius 3 is 2.96 bits per heavy atom. The minimum absolute atomic E-state index is 0.0246. The lowest BCUT2D eigenvalue weighted by Gasteiger charge is -2.34. The summed E-state index contributed by atoms with van der Waals surface area (Å²) < 4.78 is 35.6. The van der Waals surface area contributed by atoms with E-state index in [2.05, 4.69) is 4.90 Å². The Labute approximate surface area is 143 Å². The number of furan rings is 1. The molecule has 9 heteroatoms. The predicted octanol–water partition coefficient (Wildman–Crippen LogP) is 1.95. The number of thioether (sulfide) groups is 1. The molecule has 0 spiro atoms. The zero-order valence-electron chi connectivity index (χ0n) is 13.5. The maximum absolute atomic E-state index is 12.2. The molecule has 1 aromatic rings. The number of ether oxygens (including phenoxy) is 1. The van der Waals surface area contributed by atoms with Crippen molar-refractivity contribution in [1.82, 2.24) is 9.80 Å². The first kappa shape index (κ1) is 19.2. The van der Waals surface area contributed by atoms with E-state index in [0.717, 1.165) is 12.3 Å². The second-order valence-corrected chi connectivity index (χ2v) is 6.74. The lowest BCUT2D eigenvalue weighted by Crippen LogP contribution is -2.47. The maximum Gasteiger partial charge on any atom is 0.317 e. The van der Waals surface area contributed by atoms with E-state index in [1.807, 2.05) is 6.07 Å². The van der Waals surface area contributed by atoms with Crippen LogP contribution in [0.4, 0.5) is 8.78 Å². The van der Waals surface area contributed by atoms with Gasteiger partial charge in [0.05, 0.1) is 31.6 Å². The fourth-order valence-electron chi connectivity index (χ4n) is 2.63. The third-order valence-corrected chi connectivity index (χ3v) is 4.29. The molecule has 1 saturated heterocycles. The van der Waals surface area contributed by atoms with Crippen molar-refractivity contribution in [2.24, 2.45) is 0 Å². The van der Waals surface area contributed by atoms with Crippen LogP contribution in [-0.2, 0) is 21.8 Å². The number of nitrogens with zero attached hydrogens (tertiary/aromatic N) is 2. The van der Waals surface area contributed by atoms with Gasteiger partial charge in [-0.15, -0.1) is 0 Å². The summed E-state index contributed by atoms with van der Waals surface area (Å²) in [5.41, 5.74) is 0. The molecule has 0 aliphatic carbocycles. The second-order valence-electron chi connectivity index (χ2n) is 5.76. The zero-order chi connectivity index (χ0) is 17.5. The SMILES string of the molecule is CN(CC(=O)O)CC1CN(Cc2ccc(CSC(F)F)o2)CCO1. The van der Waals surface area contributed by atoms with Crippen molar-refractivity contribution in [3.63, 3.8) is 0 Å². The average Bonchev–Trinajstić information content (AvgIpc) is 2.92. The van der Waals surface area contributed by atoms with Gasteiger partial charge in [0.2, 0.25) is 0 Å². The van der Waals surface area contributed by atoms with E-state index in [4.69, 9.17) is 14.3 Å². The molecule has 2 rings (SSSR count). The Morgan fingerprint density at radius 1 is 1.50 bits per heavy atom. The Bertz CT molecular complexity index is 529. The highest BCUT2D eigenvalue weighted by molar-refractivity contribution is 7.98. The fourth-order valence-corrected chi connectivity index (χ4v) is 3.07. The van der Waals surface area contributed by atoms with Crippen LogP contribution in [0.1, 0.15) is 11.5 Å². The van der Waals surface area contributed by atoms with Gasteiger partial charge < -0.3 is 14.3 Å². The van der Waals surface area contributed by atoms with Crippen molar-refractivity contribution < 1.29 is 27.8 Å². The third-order valence-electron chi connectivity index (χ3n) is 3.59. The molecule has 1 aromatic heterocycles. The summed E-state index contributed by atoms with van der Waals surface area (Å²) in [6, 6.07) is 3.53. The number of hydrogen-bond donors (Lipinski definition) is 1. The first-order valence-electron chi connectivity index (χ1n) is 7.64. The second kappa shape index (κ2) is 9.36. The van der Waals surface area contributed by atoms with Gasteiger partial charge in [-0.1, -0.05) is 11.8 Å². The van der Waals surface area contributed by atoms with Crippen molar-refractivity contribution in [1.29, 1.82) is 0 Å². The van der Waals surface area contributed by atoms with E-state index >= 15 is 0 Å². The van der Waals surface area contributed by atoms with Crippen molar-refractivity contribution >= 4 is 17.7 Å². The van der Waals surface area contributed by atoms with Crippen LogP contribution in [0.5, 0.6) is 0 Å². The van der Waals surface area contributed by atoms with Gasteiger partial charge in [0.25, 0.3) is 5.76 Å². The van der Waals surface area contributed by atoms with Crippen molar-refractivity contribution in [3.8, 4) is 0 Å². The van der Waals surface area contributed by atoms with E-state index < -0.39 is 11.7 Å². The Hall–Kier alpha value is -1.16. The molecule has 1 aliphatic heterocycles. The van der Waals surface area contributed by atoms with Crippen LogP contribution < -0.4 is 0 Å². The molecule has 0 radical (unpaired) electrons. The molecule has 1 unspecified atom stereocenters. The van der Waals surface area contributed by atoms with Crippen molar-refractivity contribution in [2.75, 3.05) is 39.8 Å². The van der Waals surface area contributed by atoms with Crippen LogP contribution in [-0.4, -0.2) is 72.6 Å². The van der Waals surface area contributed by atoms with E-state index in [1.165, 1.54) is 0 Å². The summed E-state index contributed by atoms with van der Waals surface area (Å²) in [5, 5.41) is 8.79. The van der Waals surface area contributed by atoms with Crippen molar-refractivity contribution in [2.45, 2.75) is 24.2 Å². The lowest BCUT2D eigenvalue weighted by atomic mass is 10.2. The van der Waals surface area contributed by atoms with Gasteiger partial charge in [0.1, 0.15) is 11.5 Å². The fraction of sp³-hybridized carbons (Fsp3) is 0.667. The highest BCUT2D eigenvalue weighted by Gasteiger charge is 2.23. The number of carboxylic acid groups (broad SMARTS) is 1. The van der Waals surface area contributed by atoms with Crippen LogP contribution in [0.3, 0.4) is 0 Å². The number of likely N-dealkylation sites (N-methyl/N-ethyl adjacent to an activating group) is 1. The number of aliphatic carboxylic acids is 1.